The van der Waals surface area contributed by atoms with Crippen LogP contribution in [0.15, 0.2) is 23.1 Å². The third kappa shape index (κ3) is 2.71. The maximum absolute atomic E-state index is 5.35. The second kappa shape index (κ2) is 5.38. The van der Waals surface area contributed by atoms with Gasteiger partial charge < -0.3 is 10.3 Å². The van der Waals surface area contributed by atoms with Crippen molar-refractivity contribution in [3.05, 3.63) is 24.5 Å². The van der Waals surface area contributed by atoms with Crippen LogP contribution in [0.25, 0.3) is 11.5 Å². The first-order valence-electron chi connectivity index (χ1n) is 4.19. The third-order valence-electron chi connectivity index (χ3n) is 1.62. The molecule has 2 heterocycles. The lowest BCUT2D eigenvalue weighted by molar-refractivity contribution is 0.380. The fraction of sp³-hybridized carbons (Fsp3) is 0.250. The highest BCUT2D eigenvalue weighted by Crippen LogP contribution is 2.10. The topological polar surface area (TPSA) is 90.7 Å². The molecule has 6 nitrogen and oxygen atoms in total. The molecule has 0 saturated heterocycles. The van der Waals surface area contributed by atoms with Gasteiger partial charge in [0, 0.05) is 25.4 Å². The molecular formula is C8H10ClN5O. The van der Waals surface area contributed by atoms with E-state index in [-0.39, 0.29) is 12.4 Å². The summed E-state index contributed by atoms with van der Waals surface area (Å²) in [6.07, 6.45) is 5.32. The Bertz CT molecular complexity index is 404. The molecule has 7 heteroatoms. The van der Waals surface area contributed by atoms with Crippen LogP contribution in [0.3, 0.4) is 0 Å². The van der Waals surface area contributed by atoms with E-state index in [1.165, 1.54) is 0 Å². The molecule has 2 rings (SSSR count). The first-order valence-corrected chi connectivity index (χ1v) is 4.19. The van der Waals surface area contributed by atoms with E-state index < -0.39 is 0 Å². The fourth-order valence-corrected chi connectivity index (χ4v) is 0.998. The summed E-state index contributed by atoms with van der Waals surface area (Å²) in [5.74, 6) is 0.967. The Labute approximate surface area is 92.3 Å². The predicted octanol–water partition coefficient (Wildman–Crippen LogP) is 0.450. The van der Waals surface area contributed by atoms with Crippen molar-refractivity contribution < 1.29 is 4.52 Å². The van der Waals surface area contributed by atoms with Crippen LogP contribution in [0.5, 0.6) is 0 Å². The standard InChI is InChI=1S/C8H9N5O.ClH/c9-2-1-7-12-8(13-14-7)6-5-10-3-4-11-6;/h3-5H,1-2,9H2;1H. The van der Waals surface area contributed by atoms with E-state index in [9.17, 15) is 0 Å². The molecular weight excluding hydrogens is 218 g/mol. The molecule has 0 fully saturated rings. The highest BCUT2D eigenvalue weighted by Gasteiger charge is 2.08. The molecule has 0 aromatic carbocycles. The number of nitrogens with two attached hydrogens (primary N) is 1. The number of hydrogen-bond donors (Lipinski definition) is 1. The Kier molecular flexibility index (Phi) is 4.14. The summed E-state index contributed by atoms with van der Waals surface area (Å²) in [6.45, 7) is 0.488. The van der Waals surface area contributed by atoms with Crippen molar-refractivity contribution in [2.75, 3.05) is 6.54 Å². The smallest absolute Gasteiger partial charge is 0.228 e. The van der Waals surface area contributed by atoms with Gasteiger partial charge in [0.1, 0.15) is 5.69 Å². The van der Waals surface area contributed by atoms with Crippen LogP contribution in [0.2, 0.25) is 0 Å². The predicted molar refractivity (Wildman–Crippen MR) is 55.3 cm³/mol. The maximum atomic E-state index is 5.35. The van der Waals surface area contributed by atoms with Gasteiger partial charge in [0.2, 0.25) is 11.7 Å². The van der Waals surface area contributed by atoms with Crippen molar-refractivity contribution in [1.29, 1.82) is 0 Å². The summed E-state index contributed by atoms with van der Waals surface area (Å²) in [4.78, 5) is 12.1. The van der Waals surface area contributed by atoms with Crippen LogP contribution >= 0.6 is 12.4 Å². The van der Waals surface area contributed by atoms with Crippen molar-refractivity contribution in [2.45, 2.75) is 6.42 Å². The molecule has 80 valence electrons. The molecule has 0 amide bonds. The van der Waals surface area contributed by atoms with E-state index >= 15 is 0 Å². The van der Waals surface area contributed by atoms with Crippen LogP contribution in [-0.2, 0) is 6.42 Å². The highest BCUT2D eigenvalue weighted by molar-refractivity contribution is 5.85. The van der Waals surface area contributed by atoms with Gasteiger partial charge in [-0.2, -0.15) is 4.98 Å². The summed E-state index contributed by atoms with van der Waals surface area (Å²) in [7, 11) is 0. The molecule has 0 bridgehead atoms. The molecule has 0 aliphatic heterocycles. The molecule has 2 N–H and O–H groups in total. The minimum Gasteiger partial charge on any atom is -0.339 e. The largest absolute Gasteiger partial charge is 0.339 e. The summed E-state index contributed by atoms with van der Waals surface area (Å²) in [5.41, 5.74) is 5.95. The van der Waals surface area contributed by atoms with E-state index in [2.05, 4.69) is 20.1 Å². The number of rotatable bonds is 3. The first kappa shape index (κ1) is 11.5. The number of nitrogens with zero attached hydrogens (tertiary/aromatic N) is 4. The van der Waals surface area contributed by atoms with Crippen molar-refractivity contribution in [3.8, 4) is 11.5 Å². The Balaban J connectivity index is 0.00000112. The van der Waals surface area contributed by atoms with Crippen LogP contribution in [0, 0.1) is 0 Å². The van der Waals surface area contributed by atoms with Gasteiger partial charge in [-0.25, -0.2) is 4.98 Å². The van der Waals surface area contributed by atoms with Gasteiger partial charge in [-0.3, -0.25) is 4.98 Å². The third-order valence-corrected chi connectivity index (χ3v) is 1.62. The Hall–Kier alpha value is -1.53. The maximum Gasteiger partial charge on any atom is 0.228 e. The number of halogens is 1. The second-order valence-corrected chi connectivity index (χ2v) is 2.64. The lowest BCUT2D eigenvalue weighted by atomic mass is 10.4. The molecule has 0 aliphatic rings. The SMILES string of the molecule is Cl.NCCc1nc(-c2cnccn2)no1. The molecule has 0 spiro atoms. The highest BCUT2D eigenvalue weighted by atomic mass is 35.5. The average Bonchev–Trinajstić information content (AvgIpc) is 2.68. The van der Waals surface area contributed by atoms with E-state index in [4.69, 9.17) is 10.3 Å². The Morgan fingerprint density at radius 3 is 2.87 bits per heavy atom. The lowest BCUT2D eigenvalue weighted by Crippen LogP contribution is -2.02. The van der Waals surface area contributed by atoms with Crippen LogP contribution in [0.4, 0.5) is 0 Å². The summed E-state index contributed by atoms with van der Waals surface area (Å²) in [6, 6.07) is 0. The first-order chi connectivity index (χ1) is 6.90. The van der Waals surface area contributed by atoms with Crippen LogP contribution < -0.4 is 5.73 Å². The van der Waals surface area contributed by atoms with Crippen LogP contribution in [-0.4, -0.2) is 26.7 Å². The van der Waals surface area contributed by atoms with Gasteiger partial charge >= 0.3 is 0 Å². The van der Waals surface area contributed by atoms with Gasteiger partial charge in [0.05, 0.1) is 6.20 Å². The van der Waals surface area contributed by atoms with E-state index in [1.807, 2.05) is 0 Å². The minimum absolute atomic E-state index is 0. The zero-order valence-corrected chi connectivity index (χ0v) is 8.65. The van der Waals surface area contributed by atoms with Crippen LogP contribution in [0.1, 0.15) is 5.89 Å². The molecule has 0 saturated carbocycles. The normalized spacial score (nSPS) is 9.67. The monoisotopic (exact) mass is 227 g/mol. The molecule has 0 radical (unpaired) electrons. The summed E-state index contributed by atoms with van der Waals surface area (Å²) < 4.78 is 4.95. The zero-order valence-electron chi connectivity index (χ0n) is 7.83. The molecule has 2 aromatic rings. The molecule has 0 atom stereocenters. The molecule has 0 aliphatic carbocycles. The number of hydrogen-bond acceptors (Lipinski definition) is 6. The zero-order chi connectivity index (χ0) is 9.80. The summed E-state index contributed by atoms with van der Waals surface area (Å²) in [5, 5.41) is 3.76. The van der Waals surface area contributed by atoms with E-state index in [1.54, 1.807) is 18.6 Å². The molecule has 15 heavy (non-hydrogen) atoms. The van der Waals surface area contributed by atoms with Crippen molar-refractivity contribution in [1.82, 2.24) is 20.1 Å². The van der Waals surface area contributed by atoms with Gasteiger partial charge in [-0.1, -0.05) is 5.16 Å². The van der Waals surface area contributed by atoms with Gasteiger partial charge in [0.15, 0.2) is 0 Å². The van der Waals surface area contributed by atoms with Crippen molar-refractivity contribution in [3.63, 3.8) is 0 Å². The van der Waals surface area contributed by atoms with E-state index in [0.717, 1.165) is 0 Å². The lowest BCUT2D eigenvalue weighted by Gasteiger charge is -1.88. The Morgan fingerprint density at radius 1 is 1.33 bits per heavy atom. The average molecular weight is 228 g/mol. The Morgan fingerprint density at radius 2 is 2.20 bits per heavy atom. The number of aromatic nitrogens is 4. The van der Waals surface area contributed by atoms with Crippen molar-refractivity contribution in [2.24, 2.45) is 5.73 Å². The second-order valence-electron chi connectivity index (χ2n) is 2.64. The quantitative estimate of drug-likeness (QED) is 0.819. The summed E-state index contributed by atoms with van der Waals surface area (Å²) >= 11 is 0. The van der Waals surface area contributed by atoms with Gasteiger partial charge in [-0.05, 0) is 0 Å². The minimum atomic E-state index is 0. The molecule has 2 aromatic heterocycles. The van der Waals surface area contributed by atoms with E-state index in [0.29, 0.717) is 30.4 Å². The van der Waals surface area contributed by atoms with Crippen molar-refractivity contribution >= 4 is 12.4 Å². The fourth-order valence-electron chi connectivity index (χ4n) is 0.998. The van der Waals surface area contributed by atoms with Gasteiger partial charge in [-0.15, -0.1) is 12.4 Å². The van der Waals surface area contributed by atoms with Gasteiger partial charge in [0.25, 0.3) is 0 Å². The molecule has 0 unspecified atom stereocenters.